The Kier molecular flexibility index (Phi) is 3.29. The molecule has 4 heteroatoms. The summed E-state index contributed by atoms with van der Waals surface area (Å²) in [6, 6.07) is -0.00287. The van der Waals surface area contributed by atoms with E-state index < -0.39 is 0 Å². The molecule has 2 N–H and O–H groups in total. The summed E-state index contributed by atoms with van der Waals surface area (Å²) in [6.07, 6.45) is 4.03. The largest absolute Gasteiger partial charge is 0.395 e. The molecule has 4 nitrogen and oxygen atoms in total. The molecule has 0 radical (unpaired) electrons. The molecular formula is C11H16N2O2. The monoisotopic (exact) mass is 208 g/mol. The van der Waals surface area contributed by atoms with Crippen molar-refractivity contribution in [3.8, 4) is 0 Å². The maximum atomic E-state index is 11.8. The van der Waals surface area contributed by atoms with Crippen molar-refractivity contribution in [1.82, 2.24) is 4.90 Å². The van der Waals surface area contributed by atoms with Crippen molar-refractivity contribution in [1.29, 1.82) is 0 Å². The molecule has 1 aliphatic carbocycles. The highest BCUT2D eigenvalue weighted by atomic mass is 16.2. The maximum absolute atomic E-state index is 11.8. The second-order valence-electron chi connectivity index (χ2n) is 3.88. The molecule has 15 heavy (non-hydrogen) atoms. The Morgan fingerprint density at radius 1 is 1.53 bits per heavy atom. The third-order valence-electron chi connectivity index (χ3n) is 2.16. The first-order valence-electron chi connectivity index (χ1n) is 4.93. The van der Waals surface area contributed by atoms with Gasteiger partial charge in [0.15, 0.2) is 5.78 Å². The van der Waals surface area contributed by atoms with Crippen LogP contribution in [0.2, 0.25) is 0 Å². The van der Waals surface area contributed by atoms with Crippen LogP contribution in [0.25, 0.3) is 0 Å². The fraction of sp³-hybridized carbons (Fsp3) is 0.455. The van der Waals surface area contributed by atoms with E-state index in [2.05, 4.69) is 0 Å². The van der Waals surface area contributed by atoms with Crippen LogP contribution in [0, 0.1) is 0 Å². The molecule has 0 atom stereocenters. The van der Waals surface area contributed by atoms with Crippen molar-refractivity contribution in [3.05, 3.63) is 23.5 Å². The predicted molar refractivity (Wildman–Crippen MR) is 57.6 cm³/mol. The lowest BCUT2D eigenvalue weighted by atomic mass is 10.2. The Hall–Kier alpha value is -1.58. The van der Waals surface area contributed by atoms with E-state index in [9.17, 15) is 9.59 Å². The first-order chi connectivity index (χ1) is 6.93. The summed E-state index contributed by atoms with van der Waals surface area (Å²) >= 11 is 0. The van der Waals surface area contributed by atoms with Gasteiger partial charge in [-0.1, -0.05) is 6.08 Å². The third kappa shape index (κ3) is 2.94. The number of ketones is 1. The zero-order chi connectivity index (χ0) is 11.6. The molecule has 1 amide bonds. The van der Waals surface area contributed by atoms with Gasteiger partial charge >= 0.3 is 0 Å². The summed E-state index contributed by atoms with van der Waals surface area (Å²) in [5.41, 5.74) is 6.41. The Labute approximate surface area is 89.4 Å². The molecule has 0 bridgehead atoms. The summed E-state index contributed by atoms with van der Waals surface area (Å²) in [5, 5.41) is 0. The van der Waals surface area contributed by atoms with Crippen LogP contribution in [0.5, 0.6) is 0 Å². The van der Waals surface area contributed by atoms with Crippen molar-refractivity contribution in [2.45, 2.75) is 33.2 Å². The van der Waals surface area contributed by atoms with Crippen LogP contribution >= 0.6 is 0 Å². The molecule has 82 valence electrons. The van der Waals surface area contributed by atoms with Crippen LogP contribution < -0.4 is 5.73 Å². The Morgan fingerprint density at radius 3 is 2.40 bits per heavy atom. The van der Waals surface area contributed by atoms with Gasteiger partial charge in [-0.2, -0.15) is 0 Å². The number of amides is 1. The summed E-state index contributed by atoms with van der Waals surface area (Å²) < 4.78 is 0. The van der Waals surface area contributed by atoms with Gasteiger partial charge in [-0.25, -0.2) is 0 Å². The molecule has 0 unspecified atom stereocenters. The molecule has 0 saturated heterocycles. The topological polar surface area (TPSA) is 63.4 Å². The van der Waals surface area contributed by atoms with E-state index in [4.69, 9.17) is 5.73 Å². The minimum Gasteiger partial charge on any atom is -0.395 e. The predicted octanol–water partition coefficient (Wildman–Crippen LogP) is 0.943. The average Bonchev–Trinajstić information content (AvgIpc) is 2.94. The van der Waals surface area contributed by atoms with Crippen LogP contribution in [0.1, 0.15) is 27.2 Å². The van der Waals surface area contributed by atoms with Crippen molar-refractivity contribution in [2.75, 3.05) is 0 Å². The van der Waals surface area contributed by atoms with Crippen LogP contribution in [-0.4, -0.2) is 22.6 Å². The number of carbonyl (C=O) groups is 2. The minimum atomic E-state index is -0.224. The Bertz CT molecular complexity index is 354. The smallest absolute Gasteiger partial charge is 0.254 e. The average molecular weight is 208 g/mol. The van der Waals surface area contributed by atoms with Gasteiger partial charge in [0.25, 0.3) is 5.91 Å². The fourth-order valence-corrected chi connectivity index (χ4v) is 1.07. The number of allylic oxidation sites excluding steroid dienone is 2. The van der Waals surface area contributed by atoms with Gasteiger partial charge in [0.05, 0.1) is 5.70 Å². The van der Waals surface area contributed by atoms with E-state index in [1.165, 1.54) is 18.0 Å². The van der Waals surface area contributed by atoms with E-state index in [0.717, 1.165) is 12.0 Å². The van der Waals surface area contributed by atoms with Crippen LogP contribution in [0.15, 0.2) is 23.5 Å². The van der Waals surface area contributed by atoms with Gasteiger partial charge in [-0.3, -0.25) is 9.59 Å². The number of rotatable bonds is 4. The second-order valence-corrected chi connectivity index (χ2v) is 3.88. The van der Waals surface area contributed by atoms with Crippen molar-refractivity contribution >= 4 is 11.7 Å². The van der Waals surface area contributed by atoms with E-state index in [0.29, 0.717) is 0 Å². The quantitative estimate of drug-likeness (QED) is 0.699. The molecule has 0 aromatic heterocycles. The maximum Gasteiger partial charge on any atom is 0.254 e. The van der Waals surface area contributed by atoms with E-state index in [1.807, 2.05) is 19.9 Å². The summed E-state index contributed by atoms with van der Waals surface area (Å²) in [4.78, 5) is 24.2. The number of nitrogens with two attached hydrogens (primary N) is 1. The van der Waals surface area contributed by atoms with Gasteiger partial charge in [0.1, 0.15) is 0 Å². The Balaban J connectivity index is 2.83. The zero-order valence-electron chi connectivity index (χ0n) is 9.28. The number of hydrogen-bond acceptors (Lipinski definition) is 3. The van der Waals surface area contributed by atoms with Gasteiger partial charge in [-0.05, 0) is 20.3 Å². The number of hydrogen-bond donors (Lipinski definition) is 1. The number of Topliss-reactive ketones (excluding diaryl/α,β-unsaturated/α-hetero) is 1. The fourth-order valence-electron chi connectivity index (χ4n) is 1.07. The van der Waals surface area contributed by atoms with Crippen molar-refractivity contribution < 1.29 is 9.59 Å². The van der Waals surface area contributed by atoms with E-state index >= 15 is 0 Å². The lowest BCUT2D eigenvalue weighted by molar-refractivity contribution is -0.125. The molecule has 1 rings (SSSR count). The molecule has 0 aromatic carbocycles. The van der Waals surface area contributed by atoms with Gasteiger partial charge in [-0.15, -0.1) is 0 Å². The molecular weight excluding hydrogens is 192 g/mol. The number of nitrogens with zero attached hydrogens (tertiary/aromatic N) is 1. The lowest BCUT2D eigenvalue weighted by Crippen LogP contribution is -2.33. The van der Waals surface area contributed by atoms with Gasteiger partial charge < -0.3 is 10.6 Å². The molecule has 0 aromatic rings. The minimum absolute atomic E-state index is 0.00287. The lowest BCUT2D eigenvalue weighted by Gasteiger charge is -2.22. The summed E-state index contributed by atoms with van der Waals surface area (Å²) in [5.74, 6) is -0.285. The highest BCUT2D eigenvalue weighted by Crippen LogP contribution is 2.22. The van der Waals surface area contributed by atoms with Crippen LogP contribution in [0.4, 0.5) is 0 Å². The highest BCUT2D eigenvalue weighted by Gasteiger charge is 2.24. The van der Waals surface area contributed by atoms with Crippen molar-refractivity contribution in [3.63, 3.8) is 0 Å². The normalized spacial score (nSPS) is 14.9. The highest BCUT2D eigenvalue weighted by molar-refractivity contribution is 5.99. The SMILES string of the molecule is CC(=O)/C(N)=C/N(C(=O)C1=CC1)C(C)C. The molecule has 0 heterocycles. The van der Waals surface area contributed by atoms with Crippen molar-refractivity contribution in [2.24, 2.45) is 5.73 Å². The van der Waals surface area contributed by atoms with Gasteiger partial charge in [0.2, 0.25) is 0 Å². The summed E-state index contributed by atoms with van der Waals surface area (Å²) in [6.45, 7) is 5.14. The third-order valence-corrected chi connectivity index (χ3v) is 2.16. The van der Waals surface area contributed by atoms with E-state index in [-0.39, 0.29) is 23.4 Å². The first kappa shape index (κ1) is 11.5. The second kappa shape index (κ2) is 4.29. The number of carbonyl (C=O) groups excluding carboxylic acids is 2. The molecule has 1 aliphatic rings. The van der Waals surface area contributed by atoms with E-state index in [1.54, 1.807) is 0 Å². The molecule has 0 spiro atoms. The molecule has 0 fully saturated rings. The van der Waals surface area contributed by atoms with Gasteiger partial charge in [0, 0.05) is 24.7 Å². The first-order valence-corrected chi connectivity index (χ1v) is 4.93. The summed E-state index contributed by atoms with van der Waals surface area (Å²) in [7, 11) is 0. The zero-order valence-corrected chi connectivity index (χ0v) is 9.28. The Morgan fingerprint density at radius 2 is 2.07 bits per heavy atom. The molecule has 0 aliphatic heterocycles. The molecule has 0 saturated carbocycles. The van der Waals surface area contributed by atoms with Crippen LogP contribution in [-0.2, 0) is 9.59 Å². The van der Waals surface area contributed by atoms with Crippen LogP contribution in [0.3, 0.4) is 0 Å². The standard InChI is InChI=1S/C11H16N2O2/c1-7(2)13(6-10(12)8(3)14)11(15)9-4-5-9/h4,6-7H,5,12H2,1-3H3/b10-6-.